The number of aromatic nitrogens is 2. The molecular weight excluding hydrogens is 332 g/mol. The van der Waals surface area contributed by atoms with Crippen molar-refractivity contribution in [1.29, 1.82) is 0 Å². The highest BCUT2D eigenvalue weighted by Crippen LogP contribution is 2.18. The zero-order chi connectivity index (χ0) is 18.5. The number of fused-ring (bicyclic) bond motifs is 1. The fourth-order valence-corrected chi connectivity index (χ4v) is 2.77. The van der Waals surface area contributed by atoms with Crippen molar-refractivity contribution in [3.63, 3.8) is 0 Å². The number of benzene rings is 2. The van der Waals surface area contributed by atoms with Gasteiger partial charge in [0.15, 0.2) is 0 Å². The summed E-state index contributed by atoms with van der Waals surface area (Å²) < 4.78 is 5.20. The van der Waals surface area contributed by atoms with Gasteiger partial charge in [0.05, 0.1) is 18.1 Å². The first-order valence-corrected chi connectivity index (χ1v) is 8.48. The molecular formula is C19H22N4O3. The molecule has 3 aromatic rings. The first kappa shape index (κ1) is 17.6. The molecule has 26 heavy (non-hydrogen) atoms. The Balaban J connectivity index is 1.63. The summed E-state index contributed by atoms with van der Waals surface area (Å²) in [7, 11) is 1.61. The van der Waals surface area contributed by atoms with Gasteiger partial charge in [-0.15, -0.1) is 0 Å². The van der Waals surface area contributed by atoms with E-state index in [0.717, 1.165) is 28.0 Å². The molecule has 136 valence electrons. The molecule has 0 unspecified atom stereocenters. The Morgan fingerprint density at radius 3 is 2.73 bits per heavy atom. The van der Waals surface area contributed by atoms with Crippen molar-refractivity contribution in [3.8, 4) is 5.75 Å². The third-order valence-corrected chi connectivity index (χ3v) is 4.18. The second-order valence-electron chi connectivity index (χ2n) is 6.01. The van der Waals surface area contributed by atoms with Crippen molar-refractivity contribution in [2.75, 3.05) is 12.4 Å². The van der Waals surface area contributed by atoms with Crippen LogP contribution in [0.2, 0.25) is 0 Å². The van der Waals surface area contributed by atoms with Gasteiger partial charge in [0.2, 0.25) is 5.91 Å². The van der Waals surface area contributed by atoms with Crippen LogP contribution in [-0.2, 0) is 11.3 Å². The Kier molecular flexibility index (Phi) is 5.26. The van der Waals surface area contributed by atoms with E-state index in [1.807, 2.05) is 49.4 Å². The standard InChI is InChI=1S/C19H22N4O3/c1-3-15(21-13-5-4-6-14(10-13)26-2)18(24)20-11-12-7-8-16-17(9-12)23-19(25)22-16/h4-10,15,21H,3,11H2,1-2H3,(H,20,24)(H2,22,23,25)/t15-/m1/s1. The van der Waals surface area contributed by atoms with Crippen LogP contribution in [0.4, 0.5) is 5.69 Å². The lowest BCUT2D eigenvalue weighted by Gasteiger charge is -2.18. The highest BCUT2D eigenvalue weighted by molar-refractivity contribution is 5.84. The summed E-state index contributed by atoms with van der Waals surface area (Å²) in [5, 5.41) is 6.16. The van der Waals surface area contributed by atoms with E-state index in [9.17, 15) is 9.59 Å². The first-order valence-electron chi connectivity index (χ1n) is 8.48. The zero-order valence-corrected chi connectivity index (χ0v) is 14.8. The highest BCUT2D eigenvalue weighted by Gasteiger charge is 2.16. The SMILES string of the molecule is CC[C@@H](Nc1cccc(OC)c1)C(=O)NCc1ccc2[nH]c(=O)[nH]c2c1. The van der Waals surface area contributed by atoms with Gasteiger partial charge in [0.1, 0.15) is 11.8 Å². The Bertz CT molecular complexity index is 961. The van der Waals surface area contributed by atoms with Crippen molar-refractivity contribution in [1.82, 2.24) is 15.3 Å². The topological polar surface area (TPSA) is 99.0 Å². The fraction of sp³-hybridized carbons (Fsp3) is 0.263. The van der Waals surface area contributed by atoms with Gasteiger partial charge < -0.3 is 25.3 Å². The number of hydrogen-bond donors (Lipinski definition) is 4. The molecule has 0 bridgehead atoms. The molecule has 7 nitrogen and oxygen atoms in total. The molecule has 1 aromatic heterocycles. The Labute approximate surface area is 150 Å². The fourth-order valence-electron chi connectivity index (χ4n) is 2.77. The summed E-state index contributed by atoms with van der Waals surface area (Å²) >= 11 is 0. The molecule has 0 saturated heterocycles. The van der Waals surface area contributed by atoms with Crippen LogP contribution in [0.5, 0.6) is 5.75 Å². The van der Waals surface area contributed by atoms with Gasteiger partial charge in [-0.3, -0.25) is 4.79 Å². The number of amides is 1. The summed E-state index contributed by atoms with van der Waals surface area (Å²) in [4.78, 5) is 29.2. The van der Waals surface area contributed by atoms with Crippen LogP contribution in [0.15, 0.2) is 47.3 Å². The van der Waals surface area contributed by atoms with Gasteiger partial charge in [-0.25, -0.2) is 4.79 Å². The number of H-pyrrole nitrogens is 2. The number of methoxy groups -OCH3 is 1. The molecule has 1 heterocycles. The van der Waals surface area contributed by atoms with Crippen LogP contribution in [0.1, 0.15) is 18.9 Å². The normalized spacial score (nSPS) is 11.9. The van der Waals surface area contributed by atoms with E-state index in [1.54, 1.807) is 7.11 Å². The van der Waals surface area contributed by atoms with Gasteiger partial charge in [0, 0.05) is 18.3 Å². The molecule has 0 spiro atoms. The van der Waals surface area contributed by atoms with E-state index >= 15 is 0 Å². The minimum absolute atomic E-state index is 0.0852. The molecule has 0 saturated carbocycles. The van der Waals surface area contributed by atoms with Crippen LogP contribution in [0.3, 0.4) is 0 Å². The number of aromatic amines is 2. The molecule has 0 radical (unpaired) electrons. The minimum Gasteiger partial charge on any atom is -0.497 e. The lowest BCUT2D eigenvalue weighted by molar-refractivity contribution is -0.122. The number of anilines is 1. The Hall–Kier alpha value is -3.22. The minimum atomic E-state index is -0.349. The lowest BCUT2D eigenvalue weighted by atomic mass is 10.1. The molecule has 0 aliphatic rings. The van der Waals surface area contributed by atoms with Crippen LogP contribution in [-0.4, -0.2) is 29.0 Å². The summed E-state index contributed by atoms with van der Waals surface area (Å²) in [6, 6.07) is 12.7. The zero-order valence-electron chi connectivity index (χ0n) is 14.8. The van der Waals surface area contributed by atoms with Gasteiger partial charge in [0.25, 0.3) is 0 Å². The molecule has 0 fully saturated rings. The van der Waals surface area contributed by atoms with Gasteiger partial charge in [-0.1, -0.05) is 19.1 Å². The highest BCUT2D eigenvalue weighted by atomic mass is 16.5. The molecule has 0 aliphatic carbocycles. The monoisotopic (exact) mass is 354 g/mol. The number of carbonyl (C=O) groups is 1. The number of hydrogen-bond acceptors (Lipinski definition) is 4. The van der Waals surface area contributed by atoms with Crippen LogP contribution in [0, 0.1) is 0 Å². The number of ether oxygens (including phenoxy) is 1. The smallest absolute Gasteiger partial charge is 0.323 e. The summed E-state index contributed by atoms with van der Waals surface area (Å²) in [5.41, 5.74) is 2.98. The van der Waals surface area contributed by atoms with E-state index in [0.29, 0.717) is 13.0 Å². The molecule has 0 aliphatic heterocycles. The largest absolute Gasteiger partial charge is 0.497 e. The van der Waals surface area contributed by atoms with Gasteiger partial charge in [-0.05, 0) is 36.2 Å². The van der Waals surface area contributed by atoms with E-state index in [-0.39, 0.29) is 17.6 Å². The van der Waals surface area contributed by atoms with Crippen molar-refractivity contribution < 1.29 is 9.53 Å². The van der Waals surface area contributed by atoms with Gasteiger partial charge in [-0.2, -0.15) is 0 Å². The molecule has 3 rings (SSSR count). The number of carbonyl (C=O) groups excluding carboxylic acids is 1. The third kappa shape index (κ3) is 4.05. The molecule has 1 amide bonds. The molecule has 7 heteroatoms. The number of rotatable bonds is 7. The third-order valence-electron chi connectivity index (χ3n) is 4.18. The average molecular weight is 354 g/mol. The van der Waals surface area contributed by atoms with Crippen molar-refractivity contribution in [2.24, 2.45) is 0 Å². The second-order valence-corrected chi connectivity index (χ2v) is 6.01. The predicted octanol–water partition coefficient (Wildman–Crippen LogP) is 2.37. The summed E-state index contributed by atoms with van der Waals surface area (Å²) in [5.74, 6) is 0.650. The number of nitrogens with one attached hydrogen (secondary N) is 4. The van der Waals surface area contributed by atoms with E-state index in [1.165, 1.54) is 0 Å². The maximum atomic E-state index is 12.5. The van der Waals surface area contributed by atoms with E-state index in [4.69, 9.17) is 4.74 Å². The van der Waals surface area contributed by atoms with E-state index in [2.05, 4.69) is 20.6 Å². The Morgan fingerprint density at radius 1 is 1.15 bits per heavy atom. The predicted molar refractivity (Wildman–Crippen MR) is 101 cm³/mol. The summed E-state index contributed by atoms with van der Waals surface area (Å²) in [6.45, 7) is 2.34. The average Bonchev–Trinajstić information content (AvgIpc) is 3.03. The van der Waals surface area contributed by atoms with Crippen molar-refractivity contribution in [3.05, 3.63) is 58.5 Å². The molecule has 1 atom stereocenters. The van der Waals surface area contributed by atoms with Crippen LogP contribution < -0.4 is 21.1 Å². The van der Waals surface area contributed by atoms with Crippen molar-refractivity contribution >= 4 is 22.6 Å². The van der Waals surface area contributed by atoms with Gasteiger partial charge >= 0.3 is 5.69 Å². The maximum Gasteiger partial charge on any atom is 0.323 e. The van der Waals surface area contributed by atoms with E-state index < -0.39 is 0 Å². The summed E-state index contributed by atoms with van der Waals surface area (Å²) in [6.07, 6.45) is 0.646. The number of imidazole rings is 1. The van der Waals surface area contributed by atoms with Crippen LogP contribution >= 0.6 is 0 Å². The lowest BCUT2D eigenvalue weighted by Crippen LogP contribution is -2.38. The maximum absolute atomic E-state index is 12.5. The Morgan fingerprint density at radius 2 is 1.96 bits per heavy atom. The van der Waals surface area contributed by atoms with Crippen LogP contribution in [0.25, 0.3) is 11.0 Å². The quantitative estimate of drug-likeness (QED) is 0.523. The second kappa shape index (κ2) is 7.77. The molecule has 2 aromatic carbocycles. The van der Waals surface area contributed by atoms with Crippen molar-refractivity contribution in [2.45, 2.75) is 25.9 Å². The first-order chi connectivity index (χ1) is 12.6. The molecule has 4 N–H and O–H groups in total.